The van der Waals surface area contributed by atoms with E-state index in [9.17, 15) is 9.59 Å². The molecule has 0 bridgehead atoms. The summed E-state index contributed by atoms with van der Waals surface area (Å²) in [4.78, 5) is 29.9. The van der Waals surface area contributed by atoms with E-state index in [1.807, 2.05) is 12.1 Å². The number of ether oxygens (including phenoxy) is 2. The number of nitrogens with one attached hydrogen (secondary N) is 1. The molecule has 8 heteroatoms. The lowest BCUT2D eigenvalue weighted by atomic mass is 9.89. The Hall–Kier alpha value is -2.28. The lowest BCUT2D eigenvalue weighted by Gasteiger charge is -2.24. The average molecular weight is 397 g/mol. The molecule has 1 aromatic carbocycles. The van der Waals surface area contributed by atoms with Crippen LogP contribution in [0.25, 0.3) is 0 Å². The van der Waals surface area contributed by atoms with E-state index >= 15 is 0 Å². The van der Waals surface area contributed by atoms with Crippen LogP contribution >= 0.6 is 11.6 Å². The van der Waals surface area contributed by atoms with Gasteiger partial charge >= 0.3 is 12.1 Å². The summed E-state index contributed by atoms with van der Waals surface area (Å²) in [6, 6.07) is 7.14. The molecule has 0 aromatic heterocycles. The smallest absolute Gasteiger partial charge is 0.407 e. The molecule has 1 aromatic rings. The maximum absolute atomic E-state index is 12.6. The summed E-state index contributed by atoms with van der Waals surface area (Å²) < 4.78 is 10.4. The van der Waals surface area contributed by atoms with E-state index in [0.29, 0.717) is 10.7 Å². The van der Waals surface area contributed by atoms with E-state index in [4.69, 9.17) is 25.9 Å². The standard InChI is InChI=1S/C19H25ClN2O5/c1-5-25-16(23)19(10-13-6-8-14(20)9-7-13)11-15(22-27-19)12-21-17(24)26-18(2,3)4/h6-9H,5,10-12H2,1-4H3,(H,21,24). The largest absolute Gasteiger partial charge is 0.463 e. The van der Waals surface area contributed by atoms with E-state index in [1.54, 1.807) is 39.8 Å². The van der Waals surface area contributed by atoms with E-state index in [2.05, 4.69) is 10.5 Å². The minimum absolute atomic E-state index is 0.122. The first-order valence-electron chi connectivity index (χ1n) is 8.76. The predicted octanol–water partition coefficient (Wildman–Crippen LogP) is 3.49. The second-order valence-electron chi connectivity index (χ2n) is 7.30. The normalized spacial score (nSPS) is 19.1. The first-order chi connectivity index (χ1) is 12.6. The van der Waals surface area contributed by atoms with Crippen LogP contribution in [-0.4, -0.2) is 42.1 Å². The van der Waals surface area contributed by atoms with Crippen LogP contribution in [0.15, 0.2) is 29.4 Å². The molecule has 0 spiro atoms. The lowest BCUT2D eigenvalue weighted by molar-refractivity contribution is -0.168. The summed E-state index contributed by atoms with van der Waals surface area (Å²) in [5.41, 5.74) is -0.456. The fourth-order valence-electron chi connectivity index (χ4n) is 2.60. The fourth-order valence-corrected chi connectivity index (χ4v) is 2.73. The monoisotopic (exact) mass is 396 g/mol. The second kappa shape index (κ2) is 8.61. The highest BCUT2D eigenvalue weighted by molar-refractivity contribution is 6.30. The van der Waals surface area contributed by atoms with Gasteiger partial charge < -0.3 is 19.6 Å². The van der Waals surface area contributed by atoms with E-state index in [1.165, 1.54) is 0 Å². The van der Waals surface area contributed by atoms with Gasteiger partial charge in [-0.1, -0.05) is 28.9 Å². The average Bonchev–Trinajstić information content (AvgIpc) is 2.98. The van der Waals surface area contributed by atoms with Gasteiger partial charge in [-0.05, 0) is 45.4 Å². The Balaban J connectivity index is 2.03. The highest BCUT2D eigenvalue weighted by atomic mass is 35.5. The van der Waals surface area contributed by atoms with Gasteiger partial charge in [0.25, 0.3) is 0 Å². The maximum atomic E-state index is 12.6. The molecular weight excluding hydrogens is 372 g/mol. The topological polar surface area (TPSA) is 86.2 Å². The van der Waals surface area contributed by atoms with Crippen LogP contribution in [0.4, 0.5) is 4.79 Å². The predicted molar refractivity (Wildman–Crippen MR) is 102 cm³/mol. The number of hydrogen-bond donors (Lipinski definition) is 1. The molecule has 2 rings (SSSR count). The summed E-state index contributed by atoms with van der Waals surface area (Å²) in [6.45, 7) is 7.42. The van der Waals surface area contributed by atoms with Gasteiger partial charge in [-0.2, -0.15) is 0 Å². The number of hydrogen-bond acceptors (Lipinski definition) is 6. The minimum atomic E-state index is -1.26. The minimum Gasteiger partial charge on any atom is -0.463 e. The number of carbonyl (C=O) groups excluding carboxylic acids is 2. The van der Waals surface area contributed by atoms with Crippen molar-refractivity contribution in [2.24, 2.45) is 5.16 Å². The molecule has 1 heterocycles. The van der Waals surface area contributed by atoms with Crippen LogP contribution in [0.3, 0.4) is 0 Å². The van der Waals surface area contributed by atoms with E-state index < -0.39 is 23.3 Å². The number of carbonyl (C=O) groups is 2. The molecule has 1 N–H and O–H groups in total. The van der Waals surface area contributed by atoms with Crippen molar-refractivity contribution in [2.45, 2.75) is 51.7 Å². The fraction of sp³-hybridized carbons (Fsp3) is 0.526. The van der Waals surface area contributed by atoms with Crippen LogP contribution in [0.5, 0.6) is 0 Å². The molecule has 7 nitrogen and oxygen atoms in total. The second-order valence-corrected chi connectivity index (χ2v) is 7.74. The summed E-state index contributed by atoms with van der Waals surface area (Å²) in [5.74, 6) is -0.490. The quantitative estimate of drug-likeness (QED) is 0.744. The van der Waals surface area contributed by atoms with Crippen molar-refractivity contribution >= 4 is 29.4 Å². The van der Waals surface area contributed by atoms with Crippen molar-refractivity contribution in [3.05, 3.63) is 34.9 Å². The molecule has 148 valence electrons. The first-order valence-corrected chi connectivity index (χ1v) is 9.14. The molecule has 0 aliphatic carbocycles. The van der Waals surface area contributed by atoms with Gasteiger partial charge in [0.15, 0.2) is 0 Å². The Morgan fingerprint density at radius 3 is 2.56 bits per heavy atom. The van der Waals surface area contributed by atoms with Crippen molar-refractivity contribution in [3.8, 4) is 0 Å². The Morgan fingerprint density at radius 1 is 1.30 bits per heavy atom. The number of esters is 1. The number of rotatable bonds is 6. The van der Waals surface area contributed by atoms with Gasteiger partial charge in [-0.3, -0.25) is 0 Å². The number of amides is 1. The molecule has 1 atom stereocenters. The Labute approximate surface area is 164 Å². The van der Waals surface area contributed by atoms with Gasteiger partial charge in [0.2, 0.25) is 5.60 Å². The van der Waals surface area contributed by atoms with Crippen LogP contribution in [0, 0.1) is 0 Å². The van der Waals surface area contributed by atoms with Crippen molar-refractivity contribution in [3.63, 3.8) is 0 Å². The molecule has 1 amide bonds. The lowest BCUT2D eigenvalue weighted by Crippen LogP contribution is -2.44. The molecule has 0 saturated heterocycles. The van der Waals surface area contributed by atoms with Crippen LogP contribution in [0.2, 0.25) is 5.02 Å². The highest BCUT2D eigenvalue weighted by Crippen LogP contribution is 2.30. The molecule has 0 radical (unpaired) electrons. The number of alkyl carbamates (subject to hydrolysis) is 1. The van der Waals surface area contributed by atoms with Crippen LogP contribution < -0.4 is 5.32 Å². The van der Waals surface area contributed by atoms with Crippen LogP contribution in [0.1, 0.15) is 39.7 Å². The Morgan fingerprint density at radius 2 is 1.96 bits per heavy atom. The zero-order valence-corrected chi connectivity index (χ0v) is 16.8. The van der Waals surface area contributed by atoms with Crippen molar-refractivity contribution in [1.29, 1.82) is 0 Å². The van der Waals surface area contributed by atoms with Crippen molar-refractivity contribution in [1.82, 2.24) is 5.32 Å². The summed E-state index contributed by atoms with van der Waals surface area (Å²) >= 11 is 5.92. The molecule has 27 heavy (non-hydrogen) atoms. The molecule has 1 aliphatic heterocycles. The summed E-state index contributed by atoms with van der Waals surface area (Å²) in [5, 5.41) is 7.22. The third-order valence-corrected chi connectivity index (χ3v) is 3.98. The number of nitrogens with zero attached hydrogens (tertiary/aromatic N) is 1. The van der Waals surface area contributed by atoms with Gasteiger partial charge in [0, 0.05) is 17.9 Å². The summed E-state index contributed by atoms with van der Waals surface area (Å²) in [7, 11) is 0. The van der Waals surface area contributed by atoms with Crippen molar-refractivity contribution < 1.29 is 23.9 Å². The molecule has 1 aliphatic rings. The molecule has 1 unspecified atom stereocenters. The van der Waals surface area contributed by atoms with Crippen LogP contribution in [-0.2, 0) is 25.5 Å². The zero-order valence-electron chi connectivity index (χ0n) is 16.0. The van der Waals surface area contributed by atoms with Gasteiger partial charge in [-0.15, -0.1) is 0 Å². The van der Waals surface area contributed by atoms with Gasteiger partial charge in [0.05, 0.1) is 18.9 Å². The molecule has 0 saturated carbocycles. The third kappa shape index (κ3) is 6.13. The number of halogens is 1. The molecule has 0 fully saturated rings. The first kappa shape index (κ1) is 21.0. The van der Waals surface area contributed by atoms with Gasteiger partial charge in [-0.25, -0.2) is 9.59 Å². The number of benzene rings is 1. The Kier molecular flexibility index (Phi) is 6.70. The Bertz CT molecular complexity index is 712. The SMILES string of the molecule is CCOC(=O)C1(Cc2ccc(Cl)cc2)CC(CNC(=O)OC(C)(C)C)=NO1. The third-order valence-electron chi connectivity index (χ3n) is 3.73. The highest BCUT2D eigenvalue weighted by Gasteiger charge is 2.48. The maximum Gasteiger partial charge on any atom is 0.407 e. The van der Waals surface area contributed by atoms with Gasteiger partial charge in [0.1, 0.15) is 5.60 Å². The van der Waals surface area contributed by atoms with E-state index in [0.717, 1.165) is 5.56 Å². The van der Waals surface area contributed by atoms with E-state index in [-0.39, 0.29) is 26.0 Å². The number of oxime groups is 1. The van der Waals surface area contributed by atoms with Crippen molar-refractivity contribution in [2.75, 3.05) is 13.2 Å². The molecular formula is C19H25ClN2O5. The zero-order chi connectivity index (χ0) is 20.1. The summed E-state index contributed by atoms with van der Waals surface area (Å²) in [6.07, 6.45) is -0.0660.